The fourth-order valence-electron chi connectivity index (χ4n) is 5.59. The highest BCUT2D eigenvalue weighted by atomic mass is 79.9. The average molecular weight is 455 g/mol. The van der Waals surface area contributed by atoms with Crippen molar-refractivity contribution < 1.29 is 13.2 Å². The number of benzene rings is 1. The molecular formula is C20H27BrN2O3S. The van der Waals surface area contributed by atoms with E-state index in [9.17, 15) is 13.2 Å². The molecule has 0 aromatic heterocycles. The zero-order chi connectivity index (χ0) is 19.4. The van der Waals surface area contributed by atoms with Crippen LogP contribution >= 0.6 is 15.9 Å². The predicted octanol–water partition coefficient (Wildman–Crippen LogP) is 3.45. The second-order valence-corrected chi connectivity index (χ2v) is 11.6. The second kappa shape index (κ2) is 6.85. The van der Waals surface area contributed by atoms with Gasteiger partial charge in [0.05, 0.1) is 4.90 Å². The van der Waals surface area contributed by atoms with Crippen LogP contribution in [0, 0.1) is 23.7 Å². The highest BCUT2D eigenvalue weighted by molar-refractivity contribution is 9.10. The Hall–Kier alpha value is -0.920. The summed E-state index contributed by atoms with van der Waals surface area (Å²) >= 11 is 3.28. The third-order valence-electron chi connectivity index (χ3n) is 6.61. The Morgan fingerprint density at radius 2 is 1.59 bits per heavy atom. The van der Waals surface area contributed by atoms with Crippen LogP contribution in [0.15, 0.2) is 33.6 Å². The van der Waals surface area contributed by atoms with Gasteiger partial charge in [-0.2, -0.15) is 4.72 Å². The fourth-order valence-corrected chi connectivity index (χ4v) is 7.97. The summed E-state index contributed by atoms with van der Waals surface area (Å²) < 4.78 is 28.7. The highest BCUT2D eigenvalue weighted by Crippen LogP contribution is 2.53. The number of amides is 1. The molecule has 4 saturated carbocycles. The van der Waals surface area contributed by atoms with Crippen LogP contribution in [0.2, 0.25) is 0 Å². The van der Waals surface area contributed by atoms with Gasteiger partial charge in [0.1, 0.15) is 5.54 Å². The largest absolute Gasteiger partial charge is 0.351 e. The minimum Gasteiger partial charge on any atom is -0.351 e. The normalized spacial score (nSPS) is 32.5. The lowest BCUT2D eigenvalue weighted by Gasteiger charge is -2.54. The standard InChI is InChI=1S/C20H27BrN2O3S/c1-20(2,23-27(25,26)17-6-4-3-5-16(17)21)19(24)22-18-14-8-12-7-13(10-14)11-15(18)9-12/h3-6,12-15,18,23H,7-11H2,1-2H3,(H,22,24). The van der Waals surface area contributed by atoms with Crippen LogP contribution in [0.1, 0.15) is 46.0 Å². The van der Waals surface area contributed by atoms with Crippen molar-refractivity contribution in [3.63, 3.8) is 0 Å². The van der Waals surface area contributed by atoms with Crippen LogP contribution < -0.4 is 10.0 Å². The molecule has 27 heavy (non-hydrogen) atoms. The first-order chi connectivity index (χ1) is 12.7. The van der Waals surface area contributed by atoms with Gasteiger partial charge < -0.3 is 5.32 Å². The smallest absolute Gasteiger partial charge is 0.242 e. The zero-order valence-electron chi connectivity index (χ0n) is 15.7. The van der Waals surface area contributed by atoms with Crippen molar-refractivity contribution in [3.8, 4) is 0 Å². The number of carbonyl (C=O) groups is 1. The lowest BCUT2D eigenvalue weighted by atomic mass is 9.54. The third-order valence-corrected chi connectivity index (χ3v) is 9.28. The van der Waals surface area contributed by atoms with Gasteiger partial charge in [0.2, 0.25) is 15.9 Å². The summed E-state index contributed by atoms with van der Waals surface area (Å²) in [6, 6.07) is 6.82. The van der Waals surface area contributed by atoms with Crippen LogP contribution in [0.4, 0.5) is 0 Å². The van der Waals surface area contributed by atoms with Gasteiger partial charge in [0.15, 0.2) is 0 Å². The third kappa shape index (κ3) is 3.70. The number of halogens is 1. The SMILES string of the molecule is CC(C)(NS(=O)(=O)c1ccccc1Br)C(=O)NC1C2CC3CC(C2)CC1C3. The quantitative estimate of drug-likeness (QED) is 0.714. The Morgan fingerprint density at radius 1 is 1.04 bits per heavy atom. The molecule has 0 radical (unpaired) electrons. The van der Waals surface area contributed by atoms with Gasteiger partial charge in [-0.05, 0) is 97.7 Å². The second-order valence-electron chi connectivity index (χ2n) is 9.09. The first-order valence-corrected chi connectivity index (χ1v) is 12.0. The van der Waals surface area contributed by atoms with E-state index in [0.717, 1.165) is 11.8 Å². The van der Waals surface area contributed by atoms with Gasteiger partial charge in [0, 0.05) is 10.5 Å². The Kier molecular flexibility index (Phi) is 4.92. The fraction of sp³-hybridized carbons (Fsp3) is 0.650. The first-order valence-electron chi connectivity index (χ1n) is 9.75. The summed E-state index contributed by atoms with van der Waals surface area (Å²) in [5.74, 6) is 2.54. The molecule has 1 aromatic rings. The molecular weight excluding hydrogens is 428 g/mol. The van der Waals surface area contributed by atoms with Crippen molar-refractivity contribution in [3.05, 3.63) is 28.7 Å². The maximum absolute atomic E-state index is 13.0. The molecule has 0 saturated heterocycles. The number of nitrogens with one attached hydrogen (secondary N) is 2. The molecule has 0 unspecified atom stereocenters. The van der Waals surface area contributed by atoms with Crippen LogP contribution in [0.3, 0.4) is 0 Å². The molecule has 0 atom stereocenters. The highest BCUT2D eigenvalue weighted by Gasteiger charge is 2.49. The molecule has 4 aliphatic rings. The number of rotatable bonds is 5. The van der Waals surface area contributed by atoms with Gasteiger partial charge in [-0.15, -0.1) is 0 Å². The van der Waals surface area contributed by atoms with E-state index in [0.29, 0.717) is 16.3 Å². The van der Waals surface area contributed by atoms with Crippen molar-refractivity contribution in [2.75, 3.05) is 0 Å². The minimum absolute atomic E-state index is 0.139. The van der Waals surface area contributed by atoms with Gasteiger partial charge in [-0.25, -0.2) is 8.42 Å². The predicted molar refractivity (Wildman–Crippen MR) is 108 cm³/mol. The molecule has 7 heteroatoms. The van der Waals surface area contributed by atoms with E-state index in [2.05, 4.69) is 26.0 Å². The van der Waals surface area contributed by atoms with Crippen LogP contribution in [0.5, 0.6) is 0 Å². The summed E-state index contributed by atoms with van der Waals surface area (Å²) in [4.78, 5) is 13.1. The van der Waals surface area contributed by atoms with E-state index in [1.165, 1.54) is 38.2 Å². The maximum Gasteiger partial charge on any atom is 0.242 e. The summed E-state index contributed by atoms with van der Waals surface area (Å²) in [6.07, 6.45) is 6.20. The maximum atomic E-state index is 13.0. The van der Waals surface area contributed by atoms with E-state index in [1.807, 2.05) is 0 Å². The molecule has 2 N–H and O–H groups in total. The molecule has 4 fully saturated rings. The summed E-state index contributed by atoms with van der Waals surface area (Å²) in [7, 11) is -3.81. The van der Waals surface area contributed by atoms with E-state index in [1.54, 1.807) is 32.0 Å². The Bertz CT molecular complexity index is 825. The Labute approximate surface area is 169 Å². The number of hydrogen-bond donors (Lipinski definition) is 2. The van der Waals surface area contributed by atoms with Crippen molar-refractivity contribution in [2.24, 2.45) is 23.7 Å². The lowest BCUT2D eigenvalue weighted by Crippen LogP contribution is -2.62. The minimum atomic E-state index is -3.81. The van der Waals surface area contributed by atoms with Gasteiger partial charge in [-0.1, -0.05) is 12.1 Å². The van der Waals surface area contributed by atoms with Crippen molar-refractivity contribution in [2.45, 2.75) is 62.4 Å². The van der Waals surface area contributed by atoms with Crippen molar-refractivity contribution in [1.29, 1.82) is 0 Å². The molecule has 0 aliphatic heterocycles. The topological polar surface area (TPSA) is 75.3 Å². The average Bonchev–Trinajstić information content (AvgIpc) is 2.56. The molecule has 4 aliphatic carbocycles. The van der Waals surface area contributed by atoms with Crippen LogP contribution in [-0.4, -0.2) is 25.9 Å². The Balaban J connectivity index is 1.47. The molecule has 0 spiro atoms. The number of hydrogen-bond acceptors (Lipinski definition) is 3. The van der Waals surface area contributed by atoms with Crippen LogP contribution in [0.25, 0.3) is 0 Å². The number of sulfonamides is 1. The lowest BCUT2D eigenvalue weighted by molar-refractivity contribution is -0.129. The van der Waals surface area contributed by atoms with Crippen molar-refractivity contribution in [1.82, 2.24) is 10.0 Å². The molecule has 1 amide bonds. The molecule has 148 valence electrons. The molecule has 0 heterocycles. The van der Waals surface area contributed by atoms with Crippen LogP contribution in [-0.2, 0) is 14.8 Å². The molecule has 4 bridgehead atoms. The first kappa shape index (κ1) is 19.4. The van der Waals surface area contributed by atoms with E-state index in [4.69, 9.17) is 0 Å². The molecule has 1 aromatic carbocycles. The summed E-state index contributed by atoms with van der Waals surface area (Å²) in [6.45, 7) is 3.26. The number of carbonyl (C=O) groups excluding carboxylic acids is 1. The summed E-state index contributed by atoms with van der Waals surface area (Å²) in [5.41, 5.74) is -1.22. The van der Waals surface area contributed by atoms with E-state index >= 15 is 0 Å². The van der Waals surface area contributed by atoms with Gasteiger partial charge >= 0.3 is 0 Å². The zero-order valence-corrected chi connectivity index (χ0v) is 18.1. The van der Waals surface area contributed by atoms with Gasteiger partial charge in [0.25, 0.3) is 0 Å². The molecule has 5 nitrogen and oxygen atoms in total. The van der Waals surface area contributed by atoms with Gasteiger partial charge in [-0.3, -0.25) is 4.79 Å². The van der Waals surface area contributed by atoms with E-state index < -0.39 is 15.6 Å². The van der Waals surface area contributed by atoms with E-state index in [-0.39, 0.29) is 16.8 Å². The Morgan fingerprint density at radius 3 is 2.15 bits per heavy atom. The summed E-state index contributed by atoms with van der Waals surface area (Å²) in [5, 5.41) is 3.21. The van der Waals surface area contributed by atoms with Crippen molar-refractivity contribution >= 4 is 31.9 Å². The molecule has 5 rings (SSSR count). The monoisotopic (exact) mass is 454 g/mol.